The molecule has 1 rings (SSSR count). The Balaban J connectivity index is 2.09. The second-order valence-electron chi connectivity index (χ2n) is 4.21. The third-order valence-corrected chi connectivity index (χ3v) is 4.36. The van der Waals surface area contributed by atoms with E-state index in [0.29, 0.717) is 0 Å². The van der Waals surface area contributed by atoms with Crippen molar-refractivity contribution < 1.29 is 0 Å². The largest absolute Gasteiger partial charge is 0.300 e. The van der Waals surface area contributed by atoms with Gasteiger partial charge in [0.2, 0.25) is 0 Å². The van der Waals surface area contributed by atoms with Crippen molar-refractivity contribution in [2.75, 3.05) is 30.5 Å². The maximum Gasteiger partial charge on any atom is 0.0224 e. The highest BCUT2D eigenvalue weighted by Gasteiger charge is 2.22. The minimum atomic E-state index is 0.829. The molecule has 0 aromatic carbocycles. The summed E-state index contributed by atoms with van der Waals surface area (Å²) in [4.78, 5) is 2.68. The van der Waals surface area contributed by atoms with Crippen LogP contribution in [0, 0.1) is 0 Å². The fourth-order valence-corrected chi connectivity index (χ4v) is 3.12. The summed E-state index contributed by atoms with van der Waals surface area (Å²) in [6, 6.07) is 0.843. The van der Waals surface area contributed by atoms with Crippen LogP contribution in [0.15, 0.2) is 0 Å². The molecule has 1 fully saturated rings. The van der Waals surface area contributed by atoms with E-state index in [1.807, 2.05) is 0 Å². The van der Waals surface area contributed by atoms with Crippen molar-refractivity contribution in [2.24, 2.45) is 0 Å². The predicted octanol–water partition coefficient (Wildman–Crippen LogP) is 3.61. The normalized spacial score (nSPS) is 22.4. The van der Waals surface area contributed by atoms with Gasteiger partial charge in [0.05, 0.1) is 0 Å². The van der Waals surface area contributed by atoms with E-state index in [2.05, 4.69) is 23.6 Å². The van der Waals surface area contributed by atoms with Gasteiger partial charge in [-0.15, -0.1) is 11.6 Å². The van der Waals surface area contributed by atoms with Gasteiger partial charge in [-0.05, 0) is 56.7 Å². The average Bonchev–Trinajstić information content (AvgIpc) is 2.69. The van der Waals surface area contributed by atoms with E-state index >= 15 is 0 Å². The van der Waals surface area contributed by atoms with E-state index in [1.54, 1.807) is 0 Å². The van der Waals surface area contributed by atoms with Crippen LogP contribution in [0.3, 0.4) is 0 Å². The molecule has 0 radical (unpaired) electrons. The van der Waals surface area contributed by atoms with Crippen LogP contribution < -0.4 is 0 Å². The molecule has 0 amide bonds. The third kappa shape index (κ3) is 5.46. The third-order valence-electron chi connectivity index (χ3n) is 3.11. The predicted molar refractivity (Wildman–Crippen MR) is 72.2 cm³/mol. The Morgan fingerprint density at radius 2 is 2.27 bits per heavy atom. The smallest absolute Gasteiger partial charge is 0.0224 e. The van der Waals surface area contributed by atoms with Gasteiger partial charge in [0.15, 0.2) is 0 Å². The van der Waals surface area contributed by atoms with Crippen LogP contribution in [0.4, 0.5) is 0 Å². The molecule has 0 aliphatic carbocycles. The number of thioether (sulfide) groups is 1. The monoisotopic (exact) mass is 249 g/mol. The number of likely N-dealkylation sites (tertiary alicyclic amines) is 1. The van der Waals surface area contributed by atoms with Crippen LogP contribution in [-0.2, 0) is 0 Å². The van der Waals surface area contributed by atoms with E-state index in [1.165, 1.54) is 56.7 Å². The van der Waals surface area contributed by atoms with Crippen molar-refractivity contribution >= 4 is 23.4 Å². The van der Waals surface area contributed by atoms with E-state index in [0.717, 1.165) is 11.9 Å². The first kappa shape index (κ1) is 13.7. The summed E-state index contributed by atoms with van der Waals surface area (Å²) < 4.78 is 0. The molecule has 1 heterocycles. The molecule has 0 aromatic rings. The zero-order chi connectivity index (χ0) is 10.9. The Hall–Kier alpha value is 0.600. The lowest BCUT2D eigenvalue weighted by atomic mass is 10.1. The lowest BCUT2D eigenvalue weighted by molar-refractivity contribution is 0.243. The molecule has 90 valence electrons. The molecule has 1 nitrogen and oxygen atoms in total. The van der Waals surface area contributed by atoms with Crippen molar-refractivity contribution in [3.8, 4) is 0 Å². The van der Waals surface area contributed by atoms with Gasteiger partial charge in [-0.25, -0.2) is 0 Å². The summed E-state index contributed by atoms with van der Waals surface area (Å²) in [5.41, 5.74) is 0. The highest BCUT2D eigenvalue weighted by Crippen LogP contribution is 2.21. The molecule has 1 aliphatic heterocycles. The van der Waals surface area contributed by atoms with Gasteiger partial charge in [0, 0.05) is 11.9 Å². The summed E-state index contributed by atoms with van der Waals surface area (Å²) in [5, 5.41) is 0. The van der Waals surface area contributed by atoms with Crippen LogP contribution >= 0.6 is 23.4 Å². The first-order valence-electron chi connectivity index (χ1n) is 6.26. The van der Waals surface area contributed by atoms with Gasteiger partial charge in [-0.3, -0.25) is 0 Å². The Morgan fingerprint density at radius 3 is 3.00 bits per heavy atom. The summed E-state index contributed by atoms with van der Waals surface area (Å²) >= 11 is 7.81. The number of rotatable bonds is 8. The second kappa shape index (κ2) is 8.72. The molecule has 0 aromatic heterocycles. The molecule has 0 spiro atoms. The first-order valence-corrected chi connectivity index (χ1v) is 7.95. The molecule has 1 atom stereocenters. The van der Waals surface area contributed by atoms with E-state index in [9.17, 15) is 0 Å². The van der Waals surface area contributed by atoms with Gasteiger partial charge < -0.3 is 4.90 Å². The molecule has 1 aliphatic rings. The van der Waals surface area contributed by atoms with Gasteiger partial charge in [0.25, 0.3) is 0 Å². The van der Waals surface area contributed by atoms with Crippen molar-refractivity contribution in [1.82, 2.24) is 4.90 Å². The maximum atomic E-state index is 5.75. The quantitative estimate of drug-likeness (QED) is 0.478. The maximum absolute atomic E-state index is 5.75. The molecule has 0 saturated carbocycles. The van der Waals surface area contributed by atoms with E-state index < -0.39 is 0 Å². The molecular weight excluding hydrogens is 226 g/mol. The standard InChI is InChI=1S/C12H24ClNS/c1-2-15-11-5-10-14-9-4-7-12(14)6-3-8-13/h12H,2-11H2,1H3. The van der Waals surface area contributed by atoms with Gasteiger partial charge in [-0.1, -0.05) is 6.92 Å². The van der Waals surface area contributed by atoms with Crippen LogP contribution in [0.1, 0.15) is 39.0 Å². The van der Waals surface area contributed by atoms with Crippen molar-refractivity contribution in [3.05, 3.63) is 0 Å². The average molecular weight is 250 g/mol. The van der Waals surface area contributed by atoms with Gasteiger partial charge in [-0.2, -0.15) is 11.8 Å². The Morgan fingerprint density at radius 1 is 1.40 bits per heavy atom. The summed E-state index contributed by atoms with van der Waals surface area (Å²) in [6.07, 6.45) is 6.65. The van der Waals surface area contributed by atoms with Crippen molar-refractivity contribution in [2.45, 2.75) is 45.1 Å². The Bertz CT molecular complexity index is 155. The molecule has 15 heavy (non-hydrogen) atoms. The van der Waals surface area contributed by atoms with Gasteiger partial charge in [0.1, 0.15) is 0 Å². The fraction of sp³-hybridized carbons (Fsp3) is 1.00. The lowest BCUT2D eigenvalue weighted by Crippen LogP contribution is -2.30. The summed E-state index contributed by atoms with van der Waals surface area (Å²) in [6.45, 7) is 4.87. The molecule has 1 saturated heterocycles. The molecule has 0 bridgehead atoms. The first-order chi connectivity index (χ1) is 7.38. The van der Waals surface area contributed by atoms with Crippen molar-refractivity contribution in [1.29, 1.82) is 0 Å². The topological polar surface area (TPSA) is 3.24 Å². The van der Waals surface area contributed by atoms with Crippen LogP contribution in [-0.4, -0.2) is 41.4 Å². The van der Waals surface area contributed by atoms with Crippen LogP contribution in [0.2, 0.25) is 0 Å². The molecule has 3 heteroatoms. The van der Waals surface area contributed by atoms with E-state index in [-0.39, 0.29) is 0 Å². The number of hydrogen-bond donors (Lipinski definition) is 0. The number of hydrogen-bond acceptors (Lipinski definition) is 2. The minimum absolute atomic E-state index is 0.829. The SMILES string of the molecule is CCSCCCN1CCCC1CCCCl. The van der Waals surface area contributed by atoms with Crippen LogP contribution in [0.25, 0.3) is 0 Å². The summed E-state index contributed by atoms with van der Waals surface area (Å²) in [5.74, 6) is 3.42. The number of alkyl halides is 1. The molecular formula is C12H24ClNS. The molecule has 0 N–H and O–H groups in total. The molecule has 1 unspecified atom stereocenters. The minimum Gasteiger partial charge on any atom is -0.300 e. The Labute approximate surface area is 104 Å². The number of nitrogens with zero attached hydrogens (tertiary/aromatic N) is 1. The summed E-state index contributed by atoms with van der Waals surface area (Å²) in [7, 11) is 0. The Kier molecular flexibility index (Phi) is 7.94. The highest BCUT2D eigenvalue weighted by molar-refractivity contribution is 7.99. The zero-order valence-corrected chi connectivity index (χ0v) is 11.5. The number of halogens is 1. The lowest BCUT2D eigenvalue weighted by Gasteiger charge is -2.24. The van der Waals surface area contributed by atoms with Crippen LogP contribution in [0.5, 0.6) is 0 Å². The van der Waals surface area contributed by atoms with E-state index in [4.69, 9.17) is 11.6 Å². The zero-order valence-electron chi connectivity index (χ0n) is 9.88. The fourth-order valence-electron chi connectivity index (χ4n) is 2.34. The highest BCUT2D eigenvalue weighted by atomic mass is 35.5. The van der Waals surface area contributed by atoms with Crippen molar-refractivity contribution in [3.63, 3.8) is 0 Å². The van der Waals surface area contributed by atoms with Gasteiger partial charge >= 0.3 is 0 Å². The second-order valence-corrected chi connectivity index (χ2v) is 5.99.